The lowest BCUT2D eigenvalue weighted by Gasteiger charge is -2.37. The summed E-state index contributed by atoms with van der Waals surface area (Å²) in [7, 11) is 0. The van der Waals surface area contributed by atoms with Crippen molar-refractivity contribution in [3.05, 3.63) is 75.9 Å². The molecule has 2 fully saturated rings. The van der Waals surface area contributed by atoms with Gasteiger partial charge in [0.25, 0.3) is 11.8 Å². The van der Waals surface area contributed by atoms with Gasteiger partial charge in [0, 0.05) is 51.0 Å². The minimum Gasteiger partial charge on any atom is -0.368 e. The van der Waals surface area contributed by atoms with Gasteiger partial charge in [0.2, 0.25) is 17.8 Å². The van der Waals surface area contributed by atoms with Crippen molar-refractivity contribution in [1.82, 2.24) is 20.2 Å². The molecule has 0 radical (unpaired) electrons. The first-order valence-corrected chi connectivity index (χ1v) is 15.2. The number of alkyl halides is 3. The second-order valence-electron chi connectivity index (χ2n) is 11.2. The van der Waals surface area contributed by atoms with E-state index in [0.29, 0.717) is 68.6 Å². The predicted octanol–water partition coefficient (Wildman–Crippen LogP) is 3.92. The number of nitrogens with zero attached hydrogens (tertiary/aromatic N) is 5. The van der Waals surface area contributed by atoms with Crippen molar-refractivity contribution in [2.75, 3.05) is 47.8 Å². The zero-order valence-corrected chi connectivity index (χ0v) is 25.2. The Bertz CT molecular complexity index is 1710. The lowest BCUT2D eigenvalue weighted by Crippen LogP contribution is -2.54. The maximum atomic E-state index is 13.3. The van der Waals surface area contributed by atoms with E-state index in [-0.39, 0.29) is 29.0 Å². The molecule has 3 aliphatic heterocycles. The summed E-state index contributed by atoms with van der Waals surface area (Å²) < 4.78 is 40.0. The standard InChI is InChI=1S/C31H29ClF3N7O4/c32-22-7-6-19(17-21(22)31(33,34)35)40-13-15-41(16-14-40)24-10-12-37-30(38-24)36-11-2-4-18-3-1-5-20-26(18)29(46)42(28(20)45)23-8-9-25(43)39-27(23)44/h1,3,5-7,10,12,17,23H,2,4,8-9,11,13-16H2,(H,36,37,38)(H,39,43,44). The topological polar surface area (TPSA) is 128 Å². The van der Waals surface area contributed by atoms with Crippen LogP contribution in [0.1, 0.15) is 51.1 Å². The van der Waals surface area contributed by atoms with E-state index in [4.69, 9.17) is 11.6 Å². The van der Waals surface area contributed by atoms with E-state index in [2.05, 4.69) is 20.6 Å². The molecule has 15 heteroatoms. The number of nitrogens with one attached hydrogen (secondary N) is 2. The van der Waals surface area contributed by atoms with E-state index in [0.717, 1.165) is 11.0 Å². The van der Waals surface area contributed by atoms with Crippen LogP contribution in [-0.2, 0) is 22.2 Å². The van der Waals surface area contributed by atoms with Gasteiger partial charge in [-0.15, -0.1) is 0 Å². The van der Waals surface area contributed by atoms with Gasteiger partial charge >= 0.3 is 6.18 Å². The first-order valence-electron chi connectivity index (χ1n) is 14.8. The van der Waals surface area contributed by atoms with E-state index in [1.54, 1.807) is 36.5 Å². The van der Waals surface area contributed by atoms with E-state index in [9.17, 15) is 32.3 Å². The molecule has 4 heterocycles. The SMILES string of the molecule is O=C1CCC(N2C(=O)c3cccc(CCCNc4nccc(N5CCN(c6ccc(Cl)c(C(F)(F)F)c6)CC5)n4)c3C2=O)C(=O)N1. The highest BCUT2D eigenvalue weighted by Crippen LogP contribution is 2.37. The fourth-order valence-electron chi connectivity index (χ4n) is 6.00. The number of aromatic nitrogens is 2. The summed E-state index contributed by atoms with van der Waals surface area (Å²) in [5, 5.41) is 5.06. The molecule has 2 aromatic carbocycles. The number of piperidine rings is 1. The Labute approximate surface area is 266 Å². The normalized spacial score (nSPS) is 18.6. The van der Waals surface area contributed by atoms with Crippen molar-refractivity contribution in [2.24, 2.45) is 0 Å². The van der Waals surface area contributed by atoms with Crippen molar-refractivity contribution < 1.29 is 32.3 Å². The third-order valence-corrected chi connectivity index (χ3v) is 8.66. The number of aryl methyl sites for hydroxylation is 1. The summed E-state index contributed by atoms with van der Waals surface area (Å²) in [6.07, 6.45) is -1.70. The van der Waals surface area contributed by atoms with Gasteiger partial charge in [-0.25, -0.2) is 4.98 Å². The monoisotopic (exact) mass is 655 g/mol. The van der Waals surface area contributed by atoms with Crippen molar-refractivity contribution in [3.8, 4) is 0 Å². The van der Waals surface area contributed by atoms with Crippen LogP contribution in [0, 0.1) is 0 Å². The number of hydrogen-bond donors (Lipinski definition) is 2. The number of amides is 4. The van der Waals surface area contributed by atoms with Crippen LogP contribution in [0.5, 0.6) is 0 Å². The summed E-state index contributed by atoms with van der Waals surface area (Å²) in [5.41, 5.74) is 0.811. The van der Waals surface area contributed by atoms with Crippen molar-refractivity contribution in [3.63, 3.8) is 0 Å². The van der Waals surface area contributed by atoms with Crippen LogP contribution in [0.15, 0.2) is 48.7 Å². The number of imide groups is 2. The number of anilines is 3. The molecule has 6 rings (SSSR count). The summed E-state index contributed by atoms with van der Waals surface area (Å²) in [6.45, 7) is 2.55. The lowest BCUT2D eigenvalue weighted by molar-refractivity contribution is -0.138. The number of carbonyl (C=O) groups excluding carboxylic acids is 4. The Morgan fingerprint density at radius 3 is 2.48 bits per heavy atom. The summed E-state index contributed by atoms with van der Waals surface area (Å²) in [5.74, 6) is -1.07. The zero-order chi connectivity index (χ0) is 32.6. The maximum Gasteiger partial charge on any atom is 0.417 e. The minimum atomic E-state index is -4.53. The average molecular weight is 656 g/mol. The highest BCUT2D eigenvalue weighted by molar-refractivity contribution is 6.31. The van der Waals surface area contributed by atoms with Crippen LogP contribution in [0.2, 0.25) is 5.02 Å². The molecule has 2 N–H and O–H groups in total. The number of hydrogen-bond acceptors (Lipinski definition) is 9. The molecule has 0 spiro atoms. The molecule has 3 aliphatic rings. The largest absolute Gasteiger partial charge is 0.417 e. The summed E-state index contributed by atoms with van der Waals surface area (Å²) in [6, 6.07) is 9.74. The fourth-order valence-corrected chi connectivity index (χ4v) is 6.23. The third-order valence-electron chi connectivity index (χ3n) is 8.33. The molecular formula is C31H29ClF3N7O4. The van der Waals surface area contributed by atoms with Gasteiger partial charge in [0.05, 0.1) is 21.7 Å². The number of carbonyl (C=O) groups is 4. The number of benzene rings is 2. The van der Waals surface area contributed by atoms with Crippen LogP contribution in [-0.4, -0.2) is 77.3 Å². The molecule has 0 saturated carbocycles. The Balaban J connectivity index is 1.03. The number of rotatable bonds is 8. The third kappa shape index (κ3) is 6.21. The summed E-state index contributed by atoms with van der Waals surface area (Å²) in [4.78, 5) is 64.1. The minimum absolute atomic E-state index is 0.0529. The molecule has 1 aromatic heterocycles. The number of fused-ring (bicyclic) bond motifs is 1. The first-order chi connectivity index (χ1) is 22.0. The molecule has 0 bridgehead atoms. The second-order valence-corrected chi connectivity index (χ2v) is 11.6. The van der Waals surface area contributed by atoms with E-state index in [1.165, 1.54) is 6.07 Å². The zero-order valence-electron chi connectivity index (χ0n) is 24.4. The van der Waals surface area contributed by atoms with Gasteiger partial charge in [0.1, 0.15) is 11.9 Å². The highest BCUT2D eigenvalue weighted by atomic mass is 35.5. The molecule has 2 saturated heterocycles. The van der Waals surface area contributed by atoms with Crippen LogP contribution in [0.3, 0.4) is 0 Å². The Hall–Kier alpha value is -4.72. The maximum absolute atomic E-state index is 13.3. The van der Waals surface area contributed by atoms with Crippen molar-refractivity contribution in [2.45, 2.75) is 37.9 Å². The summed E-state index contributed by atoms with van der Waals surface area (Å²) >= 11 is 5.77. The van der Waals surface area contributed by atoms with Crippen LogP contribution in [0.4, 0.5) is 30.6 Å². The van der Waals surface area contributed by atoms with E-state index < -0.39 is 41.4 Å². The van der Waals surface area contributed by atoms with Crippen LogP contribution < -0.4 is 20.4 Å². The van der Waals surface area contributed by atoms with Gasteiger partial charge in [-0.05, 0) is 55.2 Å². The Morgan fingerprint density at radius 2 is 1.74 bits per heavy atom. The predicted molar refractivity (Wildman–Crippen MR) is 163 cm³/mol. The molecule has 1 unspecified atom stereocenters. The van der Waals surface area contributed by atoms with Crippen LogP contribution in [0.25, 0.3) is 0 Å². The van der Waals surface area contributed by atoms with Gasteiger partial charge in [0.15, 0.2) is 0 Å². The average Bonchev–Trinajstić information content (AvgIpc) is 3.29. The Kier molecular flexibility index (Phi) is 8.55. The molecule has 0 aliphatic carbocycles. The first kappa shape index (κ1) is 31.3. The highest BCUT2D eigenvalue weighted by Gasteiger charge is 2.45. The molecule has 1 atom stereocenters. The van der Waals surface area contributed by atoms with Gasteiger partial charge < -0.3 is 15.1 Å². The molecule has 4 amide bonds. The molecule has 46 heavy (non-hydrogen) atoms. The molecule has 11 nitrogen and oxygen atoms in total. The molecular weight excluding hydrogens is 627 g/mol. The van der Waals surface area contributed by atoms with E-state index >= 15 is 0 Å². The molecule has 3 aromatic rings. The number of piperazine rings is 1. The van der Waals surface area contributed by atoms with Gasteiger partial charge in [-0.3, -0.25) is 29.4 Å². The van der Waals surface area contributed by atoms with Crippen molar-refractivity contribution in [1.29, 1.82) is 0 Å². The molecule has 240 valence electrons. The quantitative estimate of drug-likeness (QED) is 0.274. The Morgan fingerprint density at radius 1 is 0.978 bits per heavy atom. The number of halogens is 4. The van der Waals surface area contributed by atoms with Crippen molar-refractivity contribution >= 4 is 52.7 Å². The lowest BCUT2D eigenvalue weighted by atomic mass is 9.99. The van der Waals surface area contributed by atoms with Gasteiger partial charge in [-0.1, -0.05) is 23.7 Å². The van der Waals surface area contributed by atoms with E-state index in [1.807, 2.05) is 9.80 Å². The smallest absolute Gasteiger partial charge is 0.368 e. The fraction of sp³-hybridized carbons (Fsp3) is 0.355. The van der Waals surface area contributed by atoms with Crippen LogP contribution >= 0.6 is 11.6 Å². The second kappa shape index (κ2) is 12.6. The van der Waals surface area contributed by atoms with Gasteiger partial charge in [-0.2, -0.15) is 18.2 Å².